The molecule has 1 aliphatic rings. The van der Waals surface area contributed by atoms with E-state index in [-0.39, 0.29) is 5.56 Å². The van der Waals surface area contributed by atoms with Gasteiger partial charge in [-0.15, -0.1) is 5.10 Å². The van der Waals surface area contributed by atoms with E-state index in [0.29, 0.717) is 24.5 Å². The Kier molecular flexibility index (Phi) is 5.92. The van der Waals surface area contributed by atoms with E-state index in [1.54, 1.807) is 11.8 Å². The van der Waals surface area contributed by atoms with E-state index >= 15 is 0 Å². The molecule has 1 atom stereocenters. The van der Waals surface area contributed by atoms with Gasteiger partial charge in [-0.2, -0.15) is 0 Å². The maximum Gasteiger partial charge on any atom is 0.254 e. The van der Waals surface area contributed by atoms with Crippen LogP contribution in [-0.2, 0) is 24.1 Å². The van der Waals surface area contributed by atoms with Gasteiger partial charge in [0.2, 0.25) is 0 Å². The number of tetrazole rings is 1. The molecule has 0 bridgehead atoms. The van der Waals surface area contributed by atoms with Gasteiger partial charge in [0, 0.05) is 30.4 Å². The number of para-hydroxylation sites is 1. The summed E-state index contributed by atoms with van der Waals surface area (Å²) in [5.41, 5.74) is 4.97. The monoisotopic (exact) mass is 444 g/mol. The Labute approximate surface area is 192 Å². The molecule has 0 saturated heterocycles. The van der Waals surface area contributed by atoms with Crippen LogP contribution in [-0.4, -0.2) is 45.5 Å². The Morgan fingerprint density at radius 2 is 2.06 bits per heavy atom. The molecule has 33 heavy (non-hydrogen) atoms. The first-order valence-electron chi connectivity index (χ1n) is 11.4. The summed E-state index contributed by atoms with van der Waals surface area (Å²) in [6, 6.07) is 16.1. The highest BCUT2D eigenvalue weighted by Crippen LogP contribution is 2.36. The molecule has 2 aromatic heterocycles. The minimum absolute atomic E-state index is 0.124. The molecular formula is C25H28N6O2. The number of nitrogens with zero attached hydrogens (tertiary/aromatic N) is 5. The number of rotatable bonds is 7. The average Bonchev–Trinajstić information content (AvgIpc) is 3.31. The van der Waals surface area contributed by atoms with E-state index in [0.717, 1.165) is 42.4 Å². The van der Waals surface area contributed by atoms with Gasteiger partial charge in [0.15, 0.2) is 5.82 Å². The standard InChI is InChI=1S/C25H28N6O2/c1-3-17-10-11-21-19(15-17)16-20(25(32)26-21)23(24-27-28-29-31(24)13-14-33-2)30-12-6-8-18-7-4-5-9-22(18)30/h4-5,7,9-11,15-16,23H,3,6,8,12-14H2,1-2H3,(H,26,32)/t23-/m0/s1. The van der Waals surface area contributed by atoms with Crippen molar-refractivity contribution >= 4 is 16.6 Å². The number of H-pyrrole nitrogens is 1. The zero-order valence-corrected chi connectivity index (χ0v) is 19.0. The molecule has 0 radical (unpaired) electrons. The maximum absolute atomic E-state index is 13.4. The molecular weight excluding hydrogens is 416 g/mol. The van der Waals surface area contributed by atoms with E-state index in [9.17, 15) is 4.79 Å². The van der Waals surface area contributed by atoms with Gasteiger partial charge in [0.05, 0.1) is 13.2 Å². The fraction of sp³-hybridized carbons (Fsp3) is 0.360. The fourth-order valence-corrected chi connectivity index (χ4v) is 4.72. The molecule has 0 aliphatic carbocycles. The predicted octanol–water partition coefficient (Wildman–Crippen LogP) is 3.27. The van der Waals surface area contributed by atoms with Crippen LogP contribution in [0.2, 0.25) is 0 Å². The summed E-state index contributed by atoms with van der Waals surface area (Å²) in [5, 5.41) is 13.6. The summed E-state index contributed by atoms with van der Waals surface area (Å²) >= 11 is 0. The summed E-state index contributed by atoms with van der Waals surface area (Å²) < 4.78 is 7.01. The first-order valence-corrected chi connectivity index (χ1v) is 11.4. The van der Waals surface area contributed by atoms with Crippen molar-refractivity contribution in [3.63, 3.8) is 0 Å². The number of aryl methyl sites for hydroxylation is 2. The SMILES string of the molecule is CCc1ccc2[nH]c(=O)c([C@@H](c3nnnn3CCOC)N3CCCc4ccccc43)cc2c1. The van der Waals surface area contributed by atoms with Crippen LogP contribution in [0.3, 0.4) is 0 Å². The van der Waals surface area contributed by atoms with Gasteiger partial charge >= 0.3 is 0 Å². The summed E-state index contributed by atoms with van der Waals surface area (Å²) in [6.07, 6.45) is 2.95. The number of methoxy groups -OCH3 is 1. The number of pyridine rings is 1. The van der Waals surface area contributed by atoms with Crippen molar-refractivity contribution in [2.75, 3.05) is 25.2 Å². The number of nitrogens with one attached hydrogen (secondary N) is 1. The van der Waals surface area contributed by atoms with Crippen LogP contribution in [0, 0.1) is 0 Å². The summed E-state index contributed by atoms with van der Waals surface area (Å²) in [5.74, 6) is 0.639. The molecule has 3 heterocycles. The van der Waals surface area contributed by atoms with Gasteiger partial charge in [-0.1, -0.05) is 31.2 Å². The second kappa shape index (κ2) is 9.15. The molecule has 0 amide bonds. The fourth-order valence-electron chi connectivity index (χ4n) is 4.72. The van der Waals surface area contributed by atoms with Gasteiger partial charge < -0.3 is 14.6 Å². The minimum Gasteiger partial charge on any atom is -0.383 e. The lowest BCUT2D eigenvalue weighted by atomic mass is 9.96. The van der Waals surface area contributed by atoms with Crippen molar-refractivity contribution in [1.82, 2.24) is 25.2 Å². The molecule has 4 aromatic rings. The smallest absolute Gasteiger partial charge is 0.254 e. The quantitative estimate of drug-likeness (QED) is 0.471. The first-order chi connectivity index (χ1) is 16.2. The van der Waals surface area contributed by atoms with Gasteiger partial charge in [-0.25, -0.2) is 4.68 Å². The van der Waals surface area contributed by atoms with E-state index in [1.165, 1.54) is 11.1 Å². The summed E-state index contributed by atoms with van der Waals surface area (Å²) in [6.45, 7) is 3.93. The van der Waals surface area contributed by atoms with Crippen molar-refractivity contribution in [2.24, 2.45) is 0 Å². The van der Waals surface area contributed by atoms with Crippen molar-refractivity contribution in [3.05, 3.63) is 81.4 Å². The summed E-state index contributed by atoms with van der Waals surface area (Å²) in [7, 11) is 1.65. The third kappa shape index (κ3) is 4.02. The number of aromatic amines is 1. The highest BCUT2D eigenvalue weighted by atomic mass is 16.5. The van der Waals surface area contributed by atoms with Crippen LogP contribution in [0.1, 0.15) is 41.9 Å². The molecule has 8 nitrogen and oxygen atoms in total. The number of aromatic nitrogens is 5. The van der Waals surface area contributed by atoms with Gasteiger partial charge in [-0.05, 0) is 70.5 Å². The zero-order valence-electron chi connectivity index (χ0n) is 19.0. The third-order valence-electron chi connectivity index (χ3n) is 6.41. The van der Waals surface area contributed by atoms with Crippen LogP contribution in [0.15, 0.2) is 53.3 Å². The molecule has 5 rings (SSSR count). The molecule has 8 heteroatoms. The number of benzene rings is 2. The first kappa shape index (κ1) is 21.3. The van der Waals surface area contributed by atoms with Gasteiger partial charge in [-0.3, -0.25) is 4.79 Å². The largest absolute Gasteiger partial charge is 0.383 e. The predicted molar refractivity (Wildman–Crippen MR) is 128 cm³/mol. The van der Waals surface area contributed by atoms with Crippen LogP contribution in [0.4, 0.5) is 5.69 Å². The second-order valence-corrected chi connectivity index (χ2v) is 8.41. The van der Waals surface area contributed by atoms with E-state index in [2.05, 4.69) is 62.7 Å². The highest BCUT2D eigenvalue weighted by molar-refractivity contribution is 5.80. The Hall–Kier alpha value is -3.52. The second-order valence-electron chi connectivity index (χ2n) is 8.41. The number of fused-ring (bicyclic) bond motifs is 2. The van der Waals surface area contributed by atoms with Crippen LogP contribution in [0.5, 0.6) is 0 Å². The van der Waals surface area contributed by atoms with Crippen LogP contribution >= 0.6 is 0 Å². The zero-order chi connectivity index (χ0) is 22.8. The van der Waals surface area contributed by atoms with Crippen LogP contribution < -0.4 is 10.5 Å². The molecule has 1 N–H and O–H groups in total. The van der Waals surface area contributed by atoms with Gasteiger partial charge in [0.25, 0.3) is 5.56 Å². The topological polar surface area (TPSA) is 88.9 Å². The van der Waals surface area contributed by atoms with Crippen molar-refractivity contribution < 1.29 is 4.74 Å². The van der Waals surface area contributed by atoms with Crippen molar-refractivity contribution in [1.29, 1.82) is 0 Å². The van der Waals surface area contributed by atoms with Gasteiger partial charge in [0.1, 0.15) is 6.04 Å². The molecule has 0 spiro atoms. The van der Waals surface area contributed by atoms with E-state index in [1.807, 2.05) is 18.2 Å². The Morgan fingerprint density at radius 1 is 1.18 bits per heavy atom. The lowest BCUT2D eigenvalue weighted by Crippen LogP contribution is -2.38. The third-order valence-corrected chi connectivity index (χ3v) is 6.41. The minimum atomic E-state index is -0.420. The Bertz CT molecular complexity index is 1330. The average molecular weight is 445 g/mol. The molecule has 1 aliphatic heterocycles. The van der Waals surface area contributed by atoms with Crippen molar-refractivity contribution in [2.45, 2.75) is 38.8 Å². The molecule has 0 saturated carbocycles. The number of anilines is 1. The lowest BCUT2D eigenvalue weighted by molar-refractivity contribution is 0.181. The number of hydrogen-bond donors (Lipinski definition) is 1. The maximum atomic E-state index is 13.4. The Balaban J connectivity index is 1.71. The number of hydrogen-bond acceptors (Lipinski definition) is 6. The van der Waals surface area contributed by atoms with E-state index < -0.39 is 6.04 Å². The van der Waals surface area contributed by atoms with Crippen molar-refractivity contribution in [3.8, 4) is 0 Å². The van der Waals surface area contributed by atoms with Crippen LogP contribution in [0.25, 0.3) is 10.9 Å². The van der Waals surface area contributed by atoms with E-state index in [4.69, 9.17) is 4.74 Å². The normalized spacial score (nSPS) is 14.4. The molecule has 0 unspecified atom stereocenters. The Morgan fingerprint density at radius 3 is 2.91 bits per heavy atom. The number of ether oxygens (including phenoxy) is 1. The molecule has 170 valence electrons. The highest BCUT2D eigenvalue weighted by Gasteiger charge is 2.33. The summed E-state index contributed by atoms with van der Waals surface area (Å²) in [4.78, 5) is 18.8. The molecule has 2 aromatic carbocycles. The lowest BCUT2D eigenvalue weighted by Gasteiger charge is -2.37. The molecule has 0 fully saturated rings.